The molecule has 0 saturated carbocycles. The molecule has 0 aromatic heterocycles. The van der Waals surface area contributed by atoms with E-state index in [9.17, 15) is 4.79 Å². The number of halogens is 1. The number of likely N-dealkylation sites (tertiary alicyclic amines) is 1. The Morgan fingerprint density at radius 2 is 2.04 bits per heavy atom. The van der Waals surface area contributed by atoms with Crippen molar-refractivity contribution in [2.24, 2.45) is 4.99 Å². The highest BCUT2D eigenvalue weighted by Crippen LogP contribution is 2.09. The Morgan fingerprint density at radius 3 is 2.73 bits per heavy atom. The second-order valence-corrected chi connectivity index (χ2v) is 6.03. The number of piperidine rings is 1. The first-order valence-electron chi connectivity index (χ1n) is 8.74. The van der Waals surface area contributed by atoms with Crippen molar-refractivity contribution in [1.82, 2.24) is 15.5 Å². The average molecular weight is 469 g/mol. The molecule has 26 heavy (non-hydrogen) atoms. The maximum Gasteiger partial charge on any atom is 0.243 e. The minimum Gasteiger partial charge on any atom is -0.355 e. The van der Waals surface area contributed by atoms with E-state index in [-0.39, 0.29) is 36.4 Å². The fourth-order valence-electron chi connectivity index (χ4n) is 2.79. The van der Waals surface area contributed by atoms with Crippen LogP contribution in [-0.2, 0) is 4.79 Å². The van der Waals surface area contributed by atoms with Crippen molar-refractivity contribution in [3.05, 3.63) is 29.8 Å². The molecule has 1 aromatic rings. The monoisotopic (exact) mass is 469 g/mol. The Hall–Kier alpha value is -1.79. The molecule has 0 radical (unpaired) electrons. The second-order valence-electron chi connectivity index (χ2n) is 6.03. The molecule has 1 aliphatic rings. The predicted molar refractivity (Wildman–Crippen MR) is 118 cm³/mol. The van der Waals surface area contributed by atoms with Gasteiger partial charge in [0.05, 0.1) is 6.54 Å². The fraction of sp³-hybridized carbons (Fsp3) is 0.474. The molecular weight excluding hydrogens is 441 g/mol. The number of rotatable bonds is 6. The molecule has 3 N–H and O–H groups in total. The average Bonchev–Trinajstić information content (AvgIpc) is 2.65. The molecule has 1 amide bonds. The molecule has 1 aliphatic heterocycles. The molecule has 6 nitrogen and oxygen atoms in total. The van der Waals surface area contributed by atoms with Crippen molar-refractivity contribution >= 4 is 41.5 Å². The lowest BCUT2D eigenvalue weighted by molar-refractivity contribution is -0.115. The van der Waals surface area contributed by atoms with Crippen molar-refractivity contribution in [2.45, 2.75) is 19.3 Å². The molecule has 0 atom stereocenters. The van der Waals surface area contributed by atoms with Crippen molar-refractivity contribution in [2.75, 3.05) is 45.1 Å². The van der Waals surface area contributed by atoms with Crippen LogP contribution in [-0.4, -0.2) is 56.5 Å². The summed E-state index contributed by atoms with van der Waals surface area (Å²) in [7, 11) is 1.70. The van der Waals surface area contributed by atoms with E-state index in [0.717, 1.165) is 18.7 Å². The first kappa shape index (κ1) is 22.3. The van der Waals surface area contributed by atoms with Gasteiger partial charge in [-0.25, -0.2) is 0 Å². The number of nitrogens with zero attached hydrogens (tertiary/aromatic N) is 2. The molecule has 2 rings (SSSR count). The SMILES string of the molecule is C#Cc1cccc(NC(=O)CNC(=NC)NCCN2CCCCC2)c1.I. The van der Waals surface area contributed by atoms with E-state index in [4.69, 9.17) is 6.42 Å². The van der Waals surface area contributed by atoms with Crippen LogP contribution < -0.4 is 16.0 Å². The second kappa shape index (κ2) is 12.5. The normalized spacial score (nSPS) is 14.7. The first-order valence-corrected chi connectivity index (χ1v) is 8.74. The minimum atomic E-state index is -0.145. The van der Waals surface area contributed by atoms with Gasteiger partial charge in [0, 0.05) is 31.4 Å². The molecule has 1 aromatic carbocycles. The summed E-state index contributed by atoms with van der Waals surface area (Å²) < 4.78 is 0. The van der Waals surface area contributed by atoms with E-state index in [1.807, 2.05) is 18.2 Å². The van der Waals surface area contributed by atoms with Gasteiger partial charge in [-0.3, -0.25) is 9.79 Å². The summed E-state index contributed by atoms with van der Waals surface area (Å²) in [6, 6.07) is 7.22. The highest BCUT2D eigenvalue weighted by molar-refractivity contribution is 14.0. The highest BCUT2D eigenvalue weighted by Gasteiger charge is 2.10. The summed E-state index contributed by atoms with van der Waals surface area (Å²) >= 11 is 0. The molecule has 0 aliphatic carbocycles. The third kappa shape index (κ3) is 8.06. The van der Waals surface area contributed by atoms with E-state index in [1.54, 1.807) is 13.1 Å². The summed E-state index contributed by atoms with van der Waals surface area (Å²) in [5.41, 5.74) is 1.43. The molecule has 142 valence electrons. The number of hydrogen-bond donors (Lipinski definition) is 3. The number of anilines is 1. The van der Waals surface area contributed by atoms with E-state index >= 15 is 0 Å². The number of hydrogen-bond acceptors (Lipinski definition) is 3. The number of carbonyl (C=O) groups excluding carboxylic acids is 1. The Labute approximate surface area is 173 Å². The van der Waals surface area contributed by atoms with E-state index in [2.05, 4.69) is 31.8 Å². The van der Waals surface area contributed by atoms with Crippen LogP contribution in [0.3, 0.4) is 0 Å². The first-order chi connectivity index (χ1) is 12.2. The van der Waals surface area contributed by atoms with Crippen molar-refractivity contribution in [3.63, 3.8) is 0 Å². The lowest BCUT2D eigenvalue weighted by Gasteiger charge is -2.26. The van der Waals surface area contributed by atoms with E-state index in [1.165, 1.54) is 32.4 Å². The van der Waals surface area contributed by atoms with Gasteiger partial charge in [-0.2, -0.15) is 0 Å². The van der Waals surface area contributed by atoms with Gasteiger partial charge in [-0.1, -0.05) is 18.4 Å². The zero-order valence-corrected chi connectivity index (χ0v) is 17.6. The Balaban J connectivity index is 0.00000338. The quantitative estimate of drug-likeness (QED) is 0.258. The van der Waals surface area contributed by atoms with Crippen LogP contribution in [0.25, 0.3) is 0 Å². The molecule has 0 unspecified atom stereocenters. The van der Waals surface area contributed by atoms with Crippen LogP contribution in [0.5, 0.6) is 0 Å². The molecule has 0 spiro atoms. The maximum absolute atomic E-state index is 12.0. The number of guanidine groups is 1. The number of terminal acetylenes is 1. The van der Waals surface area contributed by atoms with Crippen LogP contribution >= 0.6 is 24.0 Å². The summed E-state index contributed by atoms with van der Waals surface area (Å²) in [6.45, 7) is 4.29. The summed E-state index contributed by atoms with van der Waals surface area (Å²) in [6.07, 6.45) is 9.28. The molecule has 1 fully saturated rings. The van der Waals surface area contributed by atoms with Crippen molar-refractivity contribution < 1.29 is 4.79 Å². The van der Waals surface area contributed by atoms with Crippen LogP contribution in [0.1, 0.15) is 24.8 Å². The predicted octanol–water partition coefficient (Wildman–Crippen LogP) is 1.88. The van der Waals surface area contributed by atoms with Crippen LogP contribution in [0.2, 0.25) is 0 Å². The molecule has 7 heteroatoms. The number of nitrogens with one attached hydrogen (secondary N) is 3. The lowest BCUT2D eigenvalue weighted by atomic mass is 10.1. The summed E-state index contributed by atoms with van der Waals surface area (Å²) in [5, 5.41) is 9.08. The Morgan fingerprint density at radius 1 is 1.27 bits per heavy atom. The number of benzene rings is 1. The Kier molecular flexibility index (Phi) is 10.7. The smallest absolute Gasteiger partial charge is 0.243 e. The number of amides is 1. The number of aliphatic imine (C=N–C) groups is 1. The third-order valence-corrected chi connectivity index (χ3v) is 4.12. The fourth-order valence-corrected chi connectivity index (χ4v) is 2.79. The van der Waals surface area contributed by atoms with Gasteiger partial charge in [0.15, 0.2) is 5.96 Å². The van der Waals surface area contributed by atoms with Crippen molar-refractivity contribution in [3.8, 4) is 12.3 Å². The Bertz CT molecular complexity index is 635. The van der Waals surface area contributed by atoms with E-state index < -0.39 is 0 Å². The molecule has 1 saturated heterocycles. The van der Waals surface area contributed by atoms with Gasteiger partial charge in [0.1, 0.15) is 0 Å². The van der Waals surface area contributed by atoms with Gasteiger partial charge in [0.25, 0.3) is 0 Å². The topological polar surface area (TPSA) is 68.8 Å². The standard InChI is InChI=1S/C19H27N5O.HI/c1-3-16-8-7-9-17(14-16)23-18(25)15-22-19(20-2)21-10-13-24-11-5-4-6-12-24;/h1,7-9,14H,4-6,10-13,15H2,2H3,(H,23,25)(H2,20,21,22);1H. The van der Waals surface area contributed by atoms with E-state index in [0.29, 0.717) is 11.6 Å². The minimum absolute atomic E-state index is 0. The summed E-state index contributed by atoms with van der Waals surface area (Å²) in [4.78, 5) is 18.6. The summed E-state index contributed by atoms with van der Waals surface area (Å²) in [5.74, 6) is 3.03. The van der Waals surface area contributed by atoms with Gasteiger partial charge < -0.3 is 20.9 Å². The van der Waals surface area contributed by atoms with Crippen molar-refractivity contribution in [1.29, 1.82) is 0 Å². The van der Waals surface area contributed by atoms with Gasteiger partial charge in [0.2, 0.25) is 5.91 Å². The van der Waals surface area contributed by atoms with Crippen LogP contribution in [0.4, 0.5) is 5.69 Å². The lowest BCUT2D eigenvalue weighted by Crippen LogP contribution is -2.44. The van der Waals surface area contributed by atoms with Crippen LogP contribution in [0, 0.1) is 12.3 Å². The molecular formula is C19H28IN5O. The van der Waals surface area contributed by atoms with Gasteiger partial charge in [-0.15, -0.1) is 30.4 Å². The van der Waals surface area contributed by atoms with Crippen LogP contribution in [0.15, 0.2) is 29.3 Å². The van der Waals surface area contributed by atoms with Gasteiger partial charge >= 0.3 is 0 Å². The zero-order valence-electron chi connectivity index (χ0n) is 15.3. The maximum atomic E-state index is 12.0. The largest absolute Gasteiger partial charge is 0.355 e. The molecule has 0 bridgehead atoms. The molecule has 1 heterocycles. The highest BCUT2D eigenvalue weighted by atomic mass is 127. The number of carbonyl (C=O) groups is 1. The third-order valence-electron chi connectivity index (χ3n) is 4.12. The zero-order chi connectivity index (χ0) is 17.9. The van der Waals surface area contributed by atoms with Gasteiger partial charge in [-0.05, 0) is 44.1 Å².